The van der Waals surface area contributed by atoms with Gasteiger partial charge in [-0.05, 0) is 48.0 Å². The van der Waals surface area contributed by atoms with Gasteiger partial charge in [0.1, 0.15) is 5.54 Å². The van der Waals surface area contributed by atoms with Gasteiger partial charge in [0.05, 0.1) is 22.8 Å². The molecule has 0 radical (unpaired) electrons. The van der Waals surface area contributed by atoms with Gasteiger partial charge in [0.25, 0.3) is 0 Å². The number of nitrogens with one attached hydrogen (secondary N) is 1. The number of rotatable bonds is 3. The summed E-state index contributed by atoms with van der Waals surface area (Å²) in [5, 5.41) is 17.5. The van der Waals surface area contributed by atoms with E-state index in [2.05, 4.69) is 32.4 Å². The molecule has 0 aliphatic heterocycles. The molecule has 0 bridgehead atoms. The number of hydrogen-bond donors (Lipinski definition) is 1. The van der Waals surface area contributed by atoms with Crippen LogP contribution < -0.4 is 5.32 Å². The summed E-state index contributed by atoms with van der Waals surface area (Å²) in [5.41, 5.74) is -0.331. The van der Waals surface area contributed by atoms with Crippen molar-refractivity contribution in [3.05, 3.63) is 16.9 Å². The lowest BCUT2D eigenvalue weighted by Crippen LogP contribution is -2.49. The van der Waals surface area contributed by atoms with E-state index < -0.39 is 0 Å². The summed E-state index contributed by atoms with van der Waals surface area (Å²) in [4.78, 5) is 0. The van der Waals surface area contributed by atoms with Crippen molar-refractivity contribution in [1.29, 1.82) is 5.26 Å². The Morgan fingerprint density at radius 1 is 1.50 bits per heavy atom. The third-order valence-corrected chi connectivity index (χ3v) is 4.35. The molecule has 0 amide bonds. The summed E-state index contributed by atoms with van der Waals surface area (Å²) in [7, 11) is 0. The van der Waals surface area contributed by atoms with Crippen LogP contribution in [0, 0.1) is 11.3 Å². The van der Waals surface area contributed by atoms with Crippen LogP contribution >= 0.6 is 15.9 Å². The number of halogens is 1. The largest absolute Gasteiger partial charge is 0.297 e. The molecule has 2 atom stereocenters. The lowest BCUT2D eigenvalue weighted by molar-refractivity contribution is 0.218. The van der Waals surface area contributed by atoms with Crippen LogP contribution in [0.5, 0.6) is 0 Å². The Morgan fingerprint density at radius 2 is 2.33 bits per heavy atom. The minimum Gasteiger partial charge on any atom is -0.297 e. The van der Waals surface area contributed by atoms with Crippen molar-refractivity contribution in [2.45, 2.75) is 56.1 Å². The van der Waals surface area contributed by atoms with Gasteiger partial charge >= 0.3 is 0 Å². The van der Waals surface area contributed by atoms with Gasteiger partial charge in [0.2, 0.25) is 0 Å². The zero-order chi connectivity index (χ0) is 12.6. The predicted octanol–water partition coefficient (Wildman–Crippen LogP) is 2.78. The van der Waals surface area contributed by atoms with E-state index in [0.717, 1.165) is 30.2 Å². The first-order chi connectivity index (χ1) is 8.71. The Balaban J connectivity index is 1.75. The second-order valence-electron chi connectivity index (χ2n) is 5.50. The maximum Gasteiger partial charge on any atom is 0.109 e. The first-order valence-corrected chi connectivity index (χ1v) is 7.39. The average molecular weight is 309 g/mol. The van der Waals surface area contributed by atoms with Crippen molar-refractivity contribution in [3.63, 3.8) is 0 Å². The Labute approximate surface area is 115 Å². The van der Waals surface area contributed by atoms with Gasteiger partial charge in [0, 0.05) is 18.7 Å². The van der Waals surface area contributed by atoms with E-state index in [1.165, 1.54) is 12.8 Å². The van der Waals surface area contributed by atoms with Gasteiger partial charge in [-0.25, -0.2) is 0 Å². The molecule has 1 heterocycles. The van der Waals surface area contributed by atoms with Crippen LogP contribution in [0.3, 0.4) is 0 Å². The van der Waals surface area contributed by atoms with Crippen LogP contribution in [0.2, 0.25) is 0 Å². The molecule has 18 heavy (non-hydrogen) atoms. The lowest BCUT2D eigenvalue weighted by atomic mass is 9.80. The van der Waals surface area contributed by atoms with Crippen molar-refractivity contribution in [2.75, 3.05) is 0 Å². The van der Waals surface area contributed by atoms with Crippen molar-refractivity contribution in [1.82, 2.24) is 15.1 Å². The van der Waals surface area contributed by atoms with Gasteiger partial charge in [-0.1, -0.05) is 0 Å². The smallest absolute Gasteiger partial charge is 0.109 e. The van der Waals surface area contributed by atoms with Crippen LogP contribution in [0.15, 0.2) is 16.9 Å². The van der Waals surface area contributed by atoms with E-state index in [1.807, 2.05) is 17.1 Å². The van der Waals surface area contributed by atoms with E-state index in [9.17, 15) is 5.26 Å². The van der Waals surface area contributed by atoms with E-state index in [-0.39, 0.29) is 5.54 Å². The molecule has 2 saturated carbocycles. The molecule has 3 rings (SSSR count). The number of hydrogen-bond acceptors (Lipinski definition) is 3. The quantitative estimate of drug-likeness (QED) is 0.934. The molecule has 4 nitrogen and oxygen atoms in total. The van der Waals surface area contributed by atoms with Crippen molar-refractivity contribution >= 4 is 15.9 Å². The molecule has 2 unspecified atom stereocenters. The van der Waals surface area contributed by atoms with Crippen LogP contribution in [0.4, 0.5) is 0 Å². The van der Waals surface area contributed by atoms with Gasteiger partial charge < -0.3 is 0 Å². The average Bonchev–Trinajstić information content (AvgIpc) is 3.08. The zero-order valence-corrected chi connectivity index (χ0v) is 11.9. The summed E-state index contributed by atoms with van der Waals surface area (Å²) >= 11 is 3.43. The SMILES string of the molecule is N#CC1(NC2CC2)CCCC(n2cc(Br)cn2)C1. The normalized spacial score (nSPS) is 32.1. The molecule has 0 aromatic carbocycles. The fourth-order valence-corrected chi connectivity index (χ4v) is 3.17. The van der Waals surface area contributed by atoms with Crippen molar-refractivity contribution in [3.8, 4) is 6.07 Å². The molecule has 5 heteroatoms. The van der Waals surface area contributed by atoms with Crippen molar-refractivity contribution < 1.29 is 0 Å². The summed E-state index contributed by atoms with van der Waals surface area (Å²) < 4.78 is 3.01. The highest BCUT2D eigenvalue weighted by atomic mass is 79.9. The Bertz CT molecular complexity index is 474. The molecule has 2 aliphatic rings. The molecule has 0 spiro atoms. The molecular formula is C13H17BrN4. The van der Waals surface area contributed by atoms with Crippen LogP contribution in [-0.2, 0) is 0 Å². The fourth-order valence-electron chi connectivity index (χ4n) is 2.87. The van der Waals surface area contributed by atoms with Gasteiger partial charge in [-0.3, -0.25) is 10.00 Å². The minimum atomic E-state index is -0.331. The van der Waals surface area contributed by atoms with Gasteiger partial charge in [0.15, 0.2) is 0 Å². The van der Waals surface area contributed by atoms with Crippen LogP contribution in [0.1, 0.15) is 44.6 Å². The highest BCUT2D eigenvalue weighted by molar-refractivity contribution is 9.10. The number of aromatic nitrogens is 2. The zero-order valence-electron chi connectivity index (χ0n) is 10.3. The first-order valence-electron chi connectivity index (χ1n) is 6.59. The minimum absolute atomic E-state index is 0.331. The number of nitriles is 1. The predicted molar refractivity (Wildman–Crippen MR) is 71.9 cm³/mol. The lowest BCUT2D eigenvalue weighted by Gasteiger charge is -2.36. The third-order valence-electron chi connectivity index (χ3n) is 3.94. The summed E-state index contributed by atoms with van der Waals surface area (Å²) in [6.45, 7) is 0. The molecular weight excluding hydrogens is 292 g/mol. The van der Waals surface area contributed by atoms with Crippen LogP contribution in [-0.4, -0.2) is 21.4 Å². The summed E-state index contributed by atoms with van der Waals surface area (Å²) in [6, 6.07) is 3.45. The topological polar surface area (TPSA) is 53.6 Å². The van der Waals surface area contributed by atoms with E-state index in [4.69, 9.17) is 0 Å². The fraction of sp³-hybridized carbons (Fsp3) is 0.692. The Morgan fingerprint density at radius 3 is 2.94 bits per heavy atom. The maximum absolute atomic E-state index is 9.54. The molecule has 2 aliphatic carbocycles. The second-order valence-corrected chi connectivity index (χ2v) is 6.42. The van der Waals surface area contributed by atoms with Gasteiger partial charge in [-0.15, -0.1) is 0 Å². The van der Waals surface area contributed by atoms with Crippen LogP contribution in [0.25, 0.3) is 0 Å². The number of nitrogens with zero attached hydrogens (tertiary/aromatic N) is 3. The third kappa shape index (κ3) is 2.45. The van der Waals surface area contributed by atoms with Gasteiger partial charge in [-0.2, -0.15) is 10.4 Å². The van der Waals surface area contributed by atoms with E-state index in [0.29, 0.717) is 12.1 Å². The monoisotopic (exact) mass is 308 g/mol. The maximum atomic E-state index is 9.54. The highest BCUT2D eigenvalue weighted by Crippen LogP contribution is 2.37. The Kier molecular flexibility index (Phi) is 3.16. The standard InChI is InChI=1S/C13H17BrN4/c14-10-7-16-18(8-10)12-2-1-5-13(6-12,9-15)17-11-3-4-11/h7-8,11-12,17H,1-6H2. The molecule has 1 N–H and O–H groups in total. The molecule has 1 aromatic rings. The van der Waals surface area contributed by atoms with E-state index >= 15 is 0 Å². The second kappa shape index (κ2) is 4.67. The Hall–Kier alpha value is -0.860. The molecule has 0 saturated heterocycles. The summed E-state index contributed by atoms with van der Waals surface area (Å²) in [6.07, 6.45) is 10.3. The first kappa shape index (κ1) is 12.2. The van der Waals surface area contributed by atoms with Crippen molar-refractivity contribution in [2.24, 2.45) is 0 Å². The van der Waals surface area contributed by atoms with E-state index in [1.54, 1.807) is 0 Å². The molecule has 1 aromatic heterocycles. The highest BCUT2D eigenvalue weighted by Gasteiger charge is 2.41. The molecule has 96 valence electrons. The molecule has 2 fully saturated rings. The summed E-state index contributed by atoms with van der Waals surface area (Å²) in [5.74, 6) is 0.